The molecular formula is C20H34O4. The number of unbranched alkanes of at least 4 members (excludes halogenated alkanes) is 4. The summed E-state index contributed by atoms with van der Waals surface area (Å²) in [5, 5.41) is 27.1. The van der Waals surface area contributed by atoms with Crippen LogP contribution in [0.5, 0.6) is 0 Å². The highest BCUT2D eigenvalue weighted by Gasteiger charge is 2.31. The molecule has 2 atom stereocenters. The zero-order valence-corrected chi connectivity index (χ0v) is 15.0. The lowest BCUT2D eigenvalue weighted by atomic mass is 9.92. The minimum absolute atomic E-state index is 0.176. The molecule has 0 spiro atoms. The molecule has 0 aromatic heterocycles. The molecule has 24 heavy (non-hydrogen) atoms. The largest absolute Gasteiger partial charge is 0.477 e. The second kappa shape index (κ2) is 11.4. The molecule has 1 fully saturated rings. The van der Waals surface area contributed by atoms with Crippen LogP contribution in [0.2, 0.25) is 0 Å². The van der Waals surface area contributed by atoms with Crippen molar-refractivity contribution in [2.24, 2.45) is 11.8 Å². The normalized spacial score (nSPS) is 22.0. The van der Waals surface area contributed by atoms with Crippen LogP contribution in [0.3, 0.4) is 0 Å². The van der Waals surface area contributed by atoms with E-state index in [-0.39, 0.29) is 6.42 Å². The van der Waals surface area contributed by atoms with Crippen molar-refractivity contribution < 1.29 is 20.1 Å². The molecule has 1 saturated carbocycles. The van der Waals surface area contributed by atoms with Crippen LogP contribution in [0.4, 0.5) is 0 Å². The van der Waals surface area contributed by atoms with Crippen LogP contribution in [0.15, 0.2) is 24.3 Å². The van der Waals surface area contributed by atoms with Crippen molar-refractivity contribution in [1.82, 2.24) is 0 Å². The Balaban J connectivity index is 2.24. The van der Waals surface area contributed by atoms with Gasteiger partial charge in [-0.25, -0.2) is 4.79 Å². The summed E-state index contributed by atoms with van der Waals surface area (Å²) < 4.78 is 0. The molecule has 0 bridgehead atoms. The van der Waals surface area contributed by atoms with E-state index in [1.807, 2.05) is 6.08 Å². The maximum atomic E-state index is 10.6. The van der Waals surface area contributed by atoms with Crippen LogP contribution in [-0.2, 0) is 4.79 Å². The number of rotatable bonds is 12. The van der Waals surface area contributed by atoms with Crippen molar-refractivity contribution >= 4 is 5.97 Å². The summed E-state index contributed by atoms with van der Waals surface area (Å²) in [6, 6.07) is 0. The molecule has 3 N–H and O–H groups in total. The third-order valence-electron chi connectivity index (χ3n) is 4.93. The summed E-state index contributed by atoms with van der Waals surface area (Å²) in [6.45, 7) is 2.23. The average Bonchev–Trinajstić information content (AvgIpc) is 2.97. The van der Waals surface area contributed by atoms with E-state index < -0.39 is 11.8 Å². The molecule has 138 valence electrons. The number of carbonyl (C=O) groups is 1. The quantitative estimate of drug-likeness (QED) is 0.280. The predicted molar refractivity (Wildman–Crippen MR) is 96.5 cm³/mol. The van der Waals surface area contributed by atoms with Gasteiger partial charge in [-0.2, -0.15) is 0 Å². The first-order valence-electron chi connectivity index (χ1n) is 9.47. The van der Waals surface area contributed by atoms with Gasteiger partial charge >= 0.3 is 5.97 Å². The highest BCUT2D eigenvalue weighted by molar-refractivity contribution is 5.74. The van der Waals surface area contributed by atoms with E-state index in [9.17, 15) is 15.0 Å². The molecule has 4 nitrogen and oxygen atoms in total. The summed E-state index contributed by atoms with van der Waals surface area (Å²) in [4.78, 5) is 10.6. The van der Waals surface area contributed by atoms with Gasteiger partial charge < -0.3 is 15.3 Å². The molecule has 1 aliphatic carbocycles. The molecule has 0 aliphatic heterocycles. The molecule has 0 unspecified atom stereocenters. The molecule has 0 aromatic carbocycles. The van der Waals surface area contributed by atoms with Gasteiger partial charge in [-0.3, -0.25) is 0 Å². The standard InChI is InChI=1S/C20H34O4/c1-2-3-4-5-6-8-12-17-14-11-15-18(17)13-9-7-10-16-20(23,24)19(21)22/h7-9,12,17-18,23-24H,2-6,10-11,13-16H2,1H3,(H,21,22)/b9-7-,12-8+/t17-,18-/m0/s1. The fourth-order valence-corrected chi connectivity index (χ4v) is 3.35. The number of aliphatic hydroxyl groups is 2. The number of hydrogen-bond donors (Lipinski definition) is 3. The topological polar surface area (TPSA) is 77.8 Å². The van der Waals surface area contributed by atoms with Crippen LogP contribution in [0, 0.1) is 11.8 Å². The number of allylic oxidation sites excluding steroid dienone is 4. The first kappa shape index (κ1) is 20.9. The van der Waals surface area contributed by atoms with Gasteiger partial charge in [0.15, 0.2) is 0 Å². The molecule has 0 heterocycles. The summed E-state index contributed by atoms with van der Waals surface area (Å²) >= 11 is 0. The molecule has 0 amide bonds. The lowest BCUT2D eigenvalue weighted by Crippen LogP contribution is -2.37. The van der Waals surface area contributed by atoms with E-state index in [1.54, 1.807) is 0 Å². The van der Waals surface area contributed by atoms with Crippen molar-refractivity contribution in [3.8, 4) is 0 Å². The zero-order valence-electron chi connectivity index (χ0n) is 15.0. The van der Waals surface area contributed by atoms with Gasteiger partial charge in [0.1, 0.15) is 0 Å². The third-order valence-corrected chi connectivity index (χ3v) is 4.93. The van der Waals surface area contributed by atoms with Crippen molar-refractivity contribution in [2.75, 3.05) is 0 Å². The highest BCUT2D eigenvalue weighted by atomic mass is 16.5. The van der Waals surface area contributed by atoms with Gasteiger partial charge in [0, 0.05) is 6.42 Å². The second-order valence-electron chi connectivity index (χ2n) is 7.00. The average molecular weight is 338 g/mol. The molecule has 1 rings (SSSR count). The number of carboxylic acids is 1. The van der Waals surface area contributed by atoms with E-state index in [0.29, 0.717) is 18.3 Å². The predicted octanol–water partition coefficient (Wildman–Crippen LogP) is 4.42. The van der Waals surface area contributed by atoms with E-state index in [4.69, 9.17) is 5.11 Å². The summed E-state index contributed by atoms with van der Waals surface area (Å²) in [5.74, 6) is -2.87. The van der Waals surface area contributed by atoms with Gasteiger partial charge in [0.25, 0.3) is 5.79 Å². The summed E-state index contributed by atoms with van der Waals surface area (Å²) in [5.41, 5.74) is 0. The van der Waals surface area contributed by atoms with E-state index in [0.717, 1.165) is 6.42 Å². The Morgan fingerprint density at radius 1 is 1.08 bits per heavy atom. The highest BCUT2D eigenvalue weighted by Crippen LogP contribution is 2.35. The smallest absolute Gasteiger partial charge is 0.364 e. The Morgan fingerprint density at radius 3 is 2.58 bits per heavy atom. The fourth-order valence-electron chi connectivity index (χ4n) is 3.35. The lowest BCUT2D eigenvalue weighted by Gasteiger charge is -2.15. The second-order valence-corrected chi connectivity index (χ2v) is 7.00. The minimum atomic E-state index is -2.61. The van der Waals surface area contributed by atoms with Crippen LogP contribution < -0.4 is 0 Å². The Kier molecular flexibility index (Phi) is 9.96. The van der Waals surface area contributed by atoms with Gasteiger partial charge in [-0.1, -0.05) is 56.9 Å². The molecule has 4 heteroatoms. The van der Waals surface area contributed by atoms with Crippen LogP contribution in [0.1, 0.15) is 77.6 Å². The Bertz CT molecular complexity index is 412. The van der Waals surface area contributed by atoms with E-state index >= 15 is 0 Å². The molecular weight excluding hydrogens is 304 g/mol. The van der Waals surface area contributed by atoms with Crippen molar-refractivity contribution in [1.29, 1.82) is 0 Å². The molecule has 0 aromatic rings. The Morgan fingerprint density at radius 2 is 1.88 bits per heavy atom. The van der Waals surface area contributed by atoms with Crippen LogP contribution in [-0.4, -0.2) is 27.1 Å². The van der Waals surface area contributed by atoms with Crippen molar-refractivity contribution in [3.05, 3.63) is 24.3 Å². The maximum Gasteiger partial charge on any atom is 0.364 e. The monoisotopic (exact) mass is 338 g/mol. The minimum Gasteiger partial charge on any atom is -0.477 e. The number of aliphatic carboxylic acids is 1. The first-order valence-corrected chi connectivity index (χ1v) is 9.47. The summed E-state index contributed by atoms with van der Waals surface area (Å²) in [6.07, 6.45) is 20.0. The fraction of sp³-hybridized carbons (Fsp3) is 0.750. The summed E-state index contributed by atoms with van der Waals surface area (Å²) in [7, 11) is 0. The van der Waals surface area contributed by atoms with Gasteiger partial charge in [0.05, 0.1) is 0 Å². The maximum absolute atomic E-state index is 10.6. The first-order chi connectivity index (χ1) is 11.5. The van der Waals surface area contributed by atoms with Crippen molar-refractivity contribution in [3.63, 3.8) is 0 Å². The van der Waals surface area contributed by atoms with Gasteiger partial charge in [-0.15, -0.1) is 0 Å². The zero-order chi connectivity index (χ0) is 17.8. The van der Waals surface area contributed by atoms with Crippen molar-refractivity contribution in [2.45, 2.75) is 83.3 Å². The van der Waals surface area contributed by atoms with Gasteiger partial charge in [-0.05, 0) is 50.4 Å². The molecule has 1 aliphatic rings. The molecule has 0 radical (unpaired) electrons. The van der Waals surface area contributed by atoms with Crippen LogP contribution in [0.25, 0.3) is 0 Å². The van der Waals surface area contributed by atoms with E-state index in [1.165, 1.54) is 51.4 Å². The Hall–Kier alpha value is -1.13. The number of hydrogen-bond acceptors (Lipinski definition) is 3. The lowest BCUT2D eigenvalue weighted by molar-refractivity contribution is -0.205. The van der Waals surface area contributed by atoms with E-state index in [2.05, 4.69) is 25.2 Å². The van der Waals surface area contributed by atoms with Crippen LogP contribution >= 0.6 is 0 Å². The molecule has 0 saturated heterocycles. The third kappa shape index (κ3) is 8.11. The van der Waals surface area contributed by atoms with Gasteiger partial charge in [0.2, 0.25) is 0 Å². The SMILES string of the molecule is CCCCCC/C=C/[C@H]1CCC[C@@H]1C/C=C\CCC(O)(O)C(=O)O. The number of carboxylic acid groups (broad SMARTS) is 1. The Labute approximate surface area is 146 Å².